The van der Waals surface area contributed by atoms with Gasteiger partial charge in [0.2, 0.25) is 0 Å². The van der Waals surface area contributed by atoms with Crippen molar-refractivity contribution in [2.24, 2.45) is 0 Å². The monoisotopic (exact) mass is 390 g/mol. The van der Waals surface area contributed by atoms with Gasteiger partial charge in [-0.3, -0.25) is 0 Å². The zero-order valence-corrected chi connectivity index (χ0v) is 16.8. The molecule has 0 radical (unpaired) electrons. The third-order valence-corrected chi connectivity index (χ3v) is 4.89. The Kier molecular flexibility index (Phi) is 5.03. The van der Waals surface area contributed by atoms with E-state index in [1.54, 1.807) is 32.3 Å². The zero-order valence-electron chi connectivity index (χ0n) is 16.8. The van der Waals surface area contributed by atoms with E-state index >= 15 is 0 Å². The summed E-state index contributed by atoms with van der Waals surface area (Å²) in [6.07, 6.45) is 3.20. The van der Waals surface area contributed by atoms with E-state index in [4.69, 9.17) is 19.2 Å². The van der Waals surface area contributed by atoms with Crippen molar-refractivity contribution in [3.8, 4) is 28.5 Å². The number of hydrogen-bond donors (Lipinski definition) is 0. The second-order valence-corrected chi connectivity index (χ2v) is 6.67. The fourth-order valence-corrected chi connectivity index (χ4v) is 3.41. The van der Waals surface area contributed by atoms with Crippen LogP contribution in [0.5, 0.6) is 17.2 Å². The average Bonchev–Trinajstić information content (AvgIpc) is 3.26. The summed E-state index contributed by atoms with van der Waals surface area (Å²) in [5.74, 6) is 2.22. The minimum Gasteiger partial charge on any atom is -0.497 e. The van der Waals surface area contributed by atoms with Gasteiger partial charge < -0.3 is 14.2 Å². The Morgan fingerprint density at radius 3 is 2.45 bits per heavy atom. The third kappa shape index (κ3) is 3.59. The van der Waals surface area contributed by atoms with Crippen LogP contribution in [0.1, 0.15) is 11.1 Å². The number of fused-ring (bicyclic) bond motifs is 1. The first-order valence-electron chi connectivity index (χ1n) is 9.16. The van der Waals surface area contributed by atoms with Crippen LogP contribution >= 0.6 is 0 Å². The second-order valence-electron chi connectivity index (χ2n) is 6.67. The Morgan fingerprint density at radius 1 is 0.931 bits per heavy atom. The molecule has 4 aromatic rings. The van der Waals surface area contributed by atoms with E-state index < -0.39 is 0 Å². The van der Waals surface area contributed by atoms with Crippen LogP contribution in [0.4, 0.5) is 0 Å². The highest BCUT2D eigenvalue weighted by Crippen LogP contribution is 2.35. The molecular formula is C22H22N4O3. The molecule has 148 valence electrons. The van der Waals surface area contributed by atoms with Crippen molar-refractivity contribution >= 4 is 10.9 Å². The molecule has 0 aliphatic rings. The lowest BCUT2D eigenvalue weighted by Crippen LogP contribution is -2.03. The Bertz CT molecular complexity index is 1160. The summed E-state index contributed by atoms with van der Waals surface area (Å²) in [5, 5.41) is 5.19. The molecule has 0 amide bonds. The largest absolute Gasteiger partial charge is 0.497 e. The van der Waals surface area contributed by atoms with Crippen LogP contribution < -0.4 is 14.2 Å². The number of nitrogens with zero attached hydrogens (tertiary/aromatic N) is 4. The Hall–Kier alpha value is -3.61. The normalized spacial score (nSPS) is 10.9. The van der Waals surface area contributed by atoms with Crippen molar-refractivity contribution in [2.75, 3.05) is 21.3 Å². The summed E-state index contributed by atoms with van der Waals surface area (Å²) in [6, 6.07) is 11.9. The average molecular weight is 390 g/mol. The van der Waals surface area contributed by atoms with Crippen LogP contribution in [0.25, 0.3) is 22.2 Å². The Morgan fingerprint density at radius 2 is 1.76 bits per heavy atom. The van der Waals surface area contributed by atoms with Gasteiger partial charge in [-0.25, -0.2) is 14.6 Å². The van der Waals surface area contributed by atoms with Gasteiger partial charge in [-0.1, -0.05) is 0 Å². The number of aryl methyl sites for hydroxylation is 1. The maximum absolute atomic E-state index is 5.57. The molecule has 0 fully saturated rings. The van der Waals surface area contributed by atoms with E-state index in [0.717, 1.165) is 44.8 Å². The lowest BCUT2D eigenvalue weighted by Gasteiger charge is -2.14. The number of pyridine rings is 1. The maximum Gasteiger partial charge on any atom is 0.148 e. The smallest absolute Gasteiger partial charge is 0.148 e. The fourth-order valence-electron chi connectivity index (χ4n) is 3.41. The molecule has 2 heterocycles. The standard InChI is InChI=1S/C22H22N4O3/c1-14-7-19(25-22-18(14)9-17(27-2)10-21(22)29-4)15-5-6-20(28-3)16(8-15)11-26-13-23-12-24-26/h5-10,12-13H,11H2,1-4H3. The molecule has 0 bridgehead atoms. The van der Waals surface area contributed by atoms with Gasteiger partial charge in [-0.05, 0) is 42.8 Å². The maximum atomic E-state index is 5.57. The third-order valence-electron chi connectivity index (χ3n) is 4.89. The van der Waals surface area contributed by atoms with Crippen LogP contribution in [-0.2, 0) is 6.54 Å². The van der Waals surface area contributed by atoms with Crippen LogP contribution in [0.2, 0.25) is 0 Å². The van der Waals surface area contributed by atoms with E-state index in [1.165, 1.54) is 6.33 Å². The van der Waals surface area contributed by atoms with Crippen LogP contribution in [0, 0.1) is 6.92 Å². The van der Waals surface area contributed by atoms with Crippen molar-refractivity contribution in [3.63, 3.8) is 0 Å². The quantitative estimate of drug-likeness (QED) is 0.498. The van der Waals surface area contributed by atoms with Crippen molar-refractivity contribution in [1.82, 2.24) is 19.7 Å². The van der Waals surface area contributed by atoms with Gasteiger partial charge in [0, 0.05) is 22.6 Å². The highest BCUT2D eigenvalue weighted by atomic mass is 16.5. The van der Waals surface area contributed by atoms with E-state index in [1.807, 2.05) is 24.3 Å². The van der Waals surface area contributed by atoms with Gasteiger partial charge in [-0.2, -0.15) is 5.10 Å². The zero-order chi connectivity index (χ0) is 20.4. The van der Waals surface area contributed by atoms with E-state index in [9.17, 15) is 0 Å². The lowest BCUT2D eigenvalue weighted by molar-refractivity contribution is 0.397. The molecule has 0 aliphatic carbocycles. The number of rotatable bonds is 6. The molecule has 29 heavy (non-hydrogen) atoms. The number of aromatic nitrogens is 4. The minimum absolute atomic E-state index is 0.560. The summed E-state index contributed by atoms with van der Waals surface area (Å²) < 4.78 is 18.2. The molecule has 0 saturated carbocycles. The van der Waals surface area contributed by atoms with Crippen LogP contribution in [0.3, 0.4) is 0 Å². The summed E-state index contributed by atoms with van der Waals surface area (Å²) in [6.45, 7) is 2.62. The molecule has 0 aliphatic heterocycles. The van der Waals surface area contributed by atoms with E-state index in [2.05, 4.69) is 29.1 Å². The first-order valence-corrected chi connectivity index (χ1v) is 9.16. The van der Waals surface area contributed by atoms with E-state index in [-0.39, 0.29) is 0 Å². The van der Waals surface area contributed by atoms with Crippen LogP contribution in [-0.4, -0.2) is 41.1 Å². The summed E-state index contributed by atoms with van der Waals surface area (Å²) >= 11 is 0. The van der Waals surface area contributed by atoms with Gasteiger partial charge in [0.25, 0.3) is 0 Å². The summed E-state index contributed by atoms with van der Waals surface area (Å²) in [7, 11) is 4.95. The summed E-state index contributed by atoms with van der Waals surface area (Å²) in [4.78, 5) is 8.90. The van der Waals surface area contributed by atoms with Gasteiger partial charge in [0.05, 0.1) is 33.6 Å². The molecule has 2 aromatic heterocycles. The van der Waals surface area contributed by atoms with Gasteiger partial charge in [0.1, 0.15) is 35.4 Å². The van der Waals surface area contributed by atoms with Gasteiger partial charge in [-0.15, -0.1) is 0 Å². The Balaban J connectivity index is 1.84. The van der Waals surface area contributed by atoms with Crippen LogP contribution in [0.15, 0.2) is 49.1 Å². The van der Waals surface area contributed by atoms with Crippen molar-refractivity contribution in [3.05, 3.63) is 60.2 Å². The molecule has 2 aromatic carbocycles. The molecule has 0 atom stereocenters. The predicted octanol–water partition coefficient (Wildman–Crippen LogP) is 3.88. The first kappa shape index (κ1) is 18.7. The Labute approximate surface area is 168 Å². The molecule has 0 unspecified atom stereocenters. The number of methoxy groups -OCH3 is 3. The number of ether oxygens (including phenoxy) is 3. The molecular weight excluding hydrogens is 368 g/mol. The number of hydrogen-bond acceptors (Lipinski definition) is 6. The SMILES string of the molecule is COc1cc(OC)c2nc(-c3ccc(OC)c(Cn4cncn4)c3)cc(C)c2c1. The van der Waals surface area contributed by atoms with Gasteiger partial charge >= 0.3 is 0 Å². The van der Waals surface area contributed by atoms with Gasteiger partial charge in [0.15, 0.2) is 0 Å². The number of benzene rings is 2. The molecule has 7 nitrogen and oxygen atoms in total. The summed E-state index contributed by atoms with van der Waals surface area (Å²) in [5.41, 5.74) is 4.74. The molecule has 7 heteroatoms. The molecule has 0 spiro atoms. The van der Waals surface area contributed by atoms with Crippen molar-refractivity contribution in [2.45, 2.75) is 13.5 Å². The second kappa shape index (κ2) is 7.79. The van der Waals surface area contributed by atoms with Crippen molar-refractivity contribution in [1.29, 1.82) is 0 Å². The minimum atomic E-state index is 0.560. The highest BCUT2D eigenvalue weighted by Gasteiger charge is 2.13. The molecule has 0 N–H and O–H groups in total. The highest BCUT2D eigenvalue weighted by molar-refractivity contribution is 5.91. The van der Waals surface area contributed by atoms with Crippen molar-refractivity contribution < 1.29 is 14.2 Å². The molecule has 4 rings (SSSR count). The molecule has 0 saturated heterocycles. The fraction of sp³-hybridized carbons (Fsp3) is 0.227. The predicted molar refractivity (Wildman–Crippen MR) is 111 cm³/mol. The first-order chi connectivity index (χ1) is 14.1. The lowest BCUT2D eigenvalue weighted by atomic mass is 10.0. The topological polar surface area (TPSA) is 71.3 Å². The van der Waals surface area contributed by atoms with E-state index in [0.29, 0.717) is 12.3 Å².